The maximum Gasteiger partial charge on any atom is 0.407 e. The molecule has 0 bridgehead atoms. The number of guanidine groups is 1. The number of benzene rings is 1. The number of ether oxygens (including phenoxy) is 2. The van der Waals surface area contributed by atoms with E-state index in [0.717, 1.165) is 17.7 Å². The van der Waals surface area contributed by atoms with Crippen molar-refractivity contribution < 1.29 is 14.3 Å². The van der Waals surface area contributed by atoms with Gasteiger partial charge in [-0.05, 0) is 59.6 Å². The van der Waals surface area contributed by atoms with Crippen molar-refractivity contribution in [2.45, 2.75) is 72.8 Å². The molecule has 0 aliphatic heterocycles. The number of alkyl carbamates (subject to hydrolysis) is 1. The first-order valence-corrected chi connectivity index (χ1v) is 10.2. The van der Waals surface area contributed by atoms with E-state index >= 15 is 0 Å². The normalized spacial score (nSPS) is 12.0. The van der Waals surface area contributed by atoms with Gasteiger partial charge in [0.1, 0.15) is 5.60 Å². The van der Waals surface area contributed by atoms with Crippen LogP contribution in [0.15, 0.2) is 29.3 Å². The topological polar surface area (TPSA) is 84.0 Å². The molecule has 0 atom stereocenters. The highest BCUT2D eigenvalue weighted by Crippen LogP contribution is 2.13. The standard InChI is InChI=1S/C22H38N4O3.HI/c1-8-23-19(24-12-13-25-20(27)29-22(5,6)7)26-15-17-10-9-11-18(14-17)16-28-21(2,3)4;/h9-11,14H,8,12-13,15-16H2,1-7H3,(H,25,27)(H2,23,24,26);1H. The van der Waals surface area contributed by atoms with Crippen LogP contribution in [0, 0.1) is 0 Å². The molecule has 0 unspecified atom stereocenters. The highest BCUT2D eigenvalue weighted by atomic mass is 127. The Hall–Kier alpha value is -1.55. The van der Waals surface area contributed by atoms with E-state index in [-0.39, 0.29) is 29.6 Å². The average molecular weight is 534 g/mol. The molecule has 1 rings (SSSR count). The minimum Gasteiger partial charge on any atom is -0.444 e. The fourth-order valence-electron chi connectivity index (χ4n) is 2.29. The summed E-state index contributed by atoms with van der Waals surface area (Å²) in [5.74, 6) is 0.704. The summed E-state index contributed by atoms with van der Waals surface area (Å²) in [4.78, 5) is 16.3. The first kappa shape index (κ1) is 28.5. The van der Waals surface area contributed by atoms with Crippen LogP contribution in [0.4, 0.5) is 4.79 Å². The summed E-state index contributed by atoms with van der Waals surface area (Å²) in [6.45, 7) is 16.6. The van der Waals surface area contributed by atoms with Crippen LogP contribution < -0.4 is 16.0 Å². The lowest BCUT2D eigenvalue weighted by atomic mass is 10.1. The van der Waals surface area contributed by atoms with Gasteiger partial charge in [0, 0.05) is 19.6 Å². The lowest BCUT2D eigenvalue weighted by Gasteiger charge is -2.20. The first-order chi connectivity index (χ1) is 13.5. The molecule has 0 saturated heterocycles. The Morgan fingerprint density at radius 2 is 1.60 bits per heavy atom. The van der Waals surface area contributed by atoms with Gasteiger partial charge in [-0.15, -0.1) is 24.0 Å². The van der Waals surface area contributed by atoms with Crippen LogP contribution in [0.5, 0.6) is 0 Å². The summed E-state index contributed by atoms with van der Waals surface area (Å²) < 4.78 is 11.1. The molecule has 172 valence electrons. The maximum absolute atomic E-state index is 11.7. The second-order valence-electron chi connectivity index (χ2n) is 8.77. The van der Waals surface area contributed by atoms with Crippen molar-refractivity contribution in [1.29, 1.82) is 0 Å². The Morgan fingerprint density at radius 1 is 0.967 bits per heavy atom. The molecule has 0 fully saturated rings. The number of aliphatic imine (C=N–C) groups is 1. The molecule has 0 spiro atoms. The van der Waals surface area contributed by atoms with Crippen molar-refractivity contribution in [3.63, 3.8) is 0 Å². The second-order valence-corrected chi connectivity index (χ2v) is 8.77. The Morgan fingerprint density at radius 3 is 2.20 bits per heavy atom. The van der Waals surface area contributed by atoms with E-state index in [1.165, 1.54) is 0 Å². The van der Waals surface area contributed by atoms with E-state index in [1.807, 2.05) is 54.5 Å². The molecule has 1 aromatic carbocycles. The molecular formula is C22H39IN4O3. The molecule has 1 aromatic rings. The Kier molecular flexibility index (Phi) is 13.0. The van der Waals surface area contributed by atoms with Gasteiger partial charge in [0.2, 0.25) is 0 Å². The zero-order valence-corrected chi connectivity index (χ0v) is 21.8. The molecule has 1 amide bonds. The third-order valence-electron chi connectivity index (χ3n) is 3.51. The molecule has 0 aliphatic rings. The van der Waals surface area contributed by atoms with Gasteiger partial charge in [-0.2, -0.15) is 0 Å². The fraction of sp³-hybridized carbons (Fsp3) is 0.636. The minimum atomic E-state index is -0.500. The van der Waals surface area contributed by atoms with Gasteiger partial charge in [0.25, 0.3) is 0 Å². The molecule has 0 radical (unpaired) electrons. The highest BCUT2D eigenvalue weighted by molar-refractivity contribution is 14.0. The van der Waals surface area contributed by atoms with E-state index in [4.69, 9.17) is 9.47 Å². The lowest BCUT2D eigenvalue weighted by Crippen LogP contribution is -2.42. The largest absolute Gasteiger partial charge is 0.444 e. The molecule has 7 nitrogen and oxygen atoms in total. The number of halogens is 1. The molecule has 0 heterocycles. The van der Waals surface area contributed by atoms with Crippen molar-refractivity contribution in [1.82, 2.24) is 16.0 Å². The number of hydrogen-bond acceptors (Lipinski definition) is 4. The van der Waals surface area contributed by atoms with E-state index in [1.54, 1.807) is 0 Å². The number of hydrogen-bond donors (Lipinski definition) is 3. The average Bonchev–Trinajstić information content (AvgIpc) is 2.59. The van der Waals surface area contributed by atoms with Crippen LogP contribution in [-0.2, 0) is 22.6 Å². The highest BCUT2D eigenvalue weighted by Gasteiger charge is 2.15. The molecule has 3 N–H and O–H groups in total. The first-order valence-electron chi connectivity index (χ1n) is 10.2. The number of nitrogens with one attached hydrogen (secondary N) is 3. The SMILES string of the molecule is CCNC(=NCc1cccc(COC(C)(C)C)c1)NCCNC(=O)OC(C)(C)C.I. The van der Waals surface area contributed by atoms with E-state index in [0.29, 0.717) is 32.2 Å². The molecule has 30 heavy (non-hydrogen) atoms. The van der Waals surface area contributed by atoms with Crippen molar-refractivity contribution in [3.8, 4) is 0 Å². The predicted molar refractivity (Wildman–Crippen MR) is 133 cm³/mol. The van der Waals surface area contributed by atoms with Crippen molar-refractivity contribution in [2.24, 2.45) is 4.99 Å². The van der Waals surface area contributed by atoms with Gasteiger partial charge >= 0.3 is 6.09 Å². The molecule has 0 aromatic heterocycles. The Labute approximate surface area is 198 Å². The van der Waals surface area contributed by atoms with Gasteiger partial charge < -0.3 is 25.4 Å². The van der Waals surface area contributed by atoms with E-state index in [9.17, 15) is 4.79 Å². The maximum atomic E-state index is 11.7. The van der Waals surface area contributed by atoms with Crippen LogP contribution in [0.25, 0.3) is 0 Å². The van der Waals surface area contributed by atoms with Crippen molar-refractivity contribution >= 4 is 36.0 Å². The molecule has 0 saturated carbocycles. The number of carbonyl (C=O) groups excluding carboxylic acids is 1. The third kappa shape index (κ3) is 14.4. The summed E-state index contributed by atoms with van der Waals surface area (Å²) in [5.41, 5.74) is 1.58. The van der Waals surface area contributed by atoms with Crippen molar-refractivity contribution in [2.75, 3.05) is 19.6 Å². The summed E-state index contributed by atoms with van der Waals surface area (Å²) in [6, 6.07) is 8.25. The summed E-state index contributed by atoms with van der Waals surface area (Å²) in [7, 11) is 0. The van der Waals surface area contributed by atoms with Crippen molar-refractivity contribution in [3.05, 3.63) is 35.4 Å². The summed E-state index contributed by atoms with van der Waals surface area (Å²) in [6.07, 6.45) is -0.421. The van der Waals surface area contributed by atoms with Crippen LogP contribution in [0.3, 0.4) is 0 Å². The summed E-state index contributed by atoms with van der Waals surface area (Å²) in [5, 5.41) is 9.15. The monoisotopic (exact) mass is 534 g/mol. The second kappa shape index (κ2) is 13.7. The Bertz CT molecular complexity index is 667. The van der Waals surface area contributed by atoms with Gasteiger partial charge in [-0.1, -0.05) is 24.3 Å². The van der Waals surface area contributed by atoms with E-state index < -0.39 is 11.7 Å². The van der Waals surface area contributed by atoms with Crippen LogP contribution >= 0.6 is 24.0 Å². The third-order valence-corrected chi connectivity index (χ3v) is 3.51. The minimum absolute atomic E-state index is 0. The number of rotatable bonds is 8. The zero-order chi connectivity index (χ0) is 21.9. The van der Waals surface area contributed by atoms with Crippen LogP contribution in [0.1, 0.15) is 59.6 Å². The smallest absolute Gasteiger partial charge is 0.407 e. The lowest BCUT2D eigenvalue weighted by molar-refractivity contribution is -0.0149. The van der Waals surface area contributed by atoms with Gasteiger partial charge in [-0.25, -0.2) is 9.79 Å². The Balaban J connectivity index is 0.00000841. The molecular weight excluding hydrogens is 495 g/mol. The van der Waals surface area contributed by atoms with Crippen LogP contribution in [-0.4, -0.2) is 42.9 Å². The van der Waals surface area contributed by atoms with Crippen LogP contribution in [0.2, 0.25) is 0 Å². The number of nitrogens with zero attached hydrogens (tertiary/aromatic N) is 1. The molecule has 8 heteroatoms. The molecule has 0 aliphatic carbocycles. The van der Waals surface area contributed by atoms with Gasteiger partial charge in [0.15, 0.2) is 5.96 Å². The quantitative estimate of drug-likeness (QED) is 0.202. The fourth-order valence-corrected chi connectivity index (χ4v) is 2.29. The van der Waals surface area contributed by atoms with E-state index in [2.05, 4.69) is 39.1 Å². The zero-order valence-electron chi connectivity index (χ0n) is 19.4. The number of carbonyl (C=O) groups is 1. The summed E-state index contributed by atoms with van der Waals surface area (Å²) >= 11 is 0. The number of amides is 1. The van der Waals surface area contributed by atoms with Gasteiger partial charge in [-0.3, -0.25) is 0 Å². The van der Waals surface area contributed by atoms with Gasteiger partial charge in [0.05, 0.1) is 18.8 Å². The predicted octanol–water partition coefficient (Wildman–Crippen LogP) is 4.20.